The standard InChI is InChI=1S/C21H20ClN3O3/c22-17-5-3-14(4-6-17)18-12-19(28-24-18)21(27)25-10-7-15(8-11-25)20(26)16-2-1-9-23-13-16/h1-6,9,13,15,19H,7-8,10-12H2/t19-/m0/s1. The van der Waals surface area contributed by atoms with Gasteiger partial charge in [-0.15, -0.1) is 0 Å². The molecule has 28 heavy (non-hydrogen) atoms. The second-order valence-corrected chi connectivity index (χ2v) is 7.48. The Kier molecular flexibility index (Phi) is 5.39. The number of amides is 1. The molecule has 1 fully saturated rings. The van der Waals surface area contributed by atoms with Crippen LogP contribution in [0, 0.1) is 5.92 Å². The van der Waals surface area contributed by atoms with Crippen LogP contribution in [-0.2, 0) is 9.63 Å². The van der Waals surface area contributed by atoms with Crippen molar-refractivity contribution in [2.45, 2.75) is 25.4 Å². The summed E-state index contributed by atoms with van der Waals surface area (Å²) in [7, 11) is 0. The molecule has 2 aromatic rings. The number of piperidine rings is 1. The summed E-state index contributed by atoms with van der Waals surface area (Å²) in [6.07, 6.45) is 4.39. The molecule has 2 aliphatic heterocycles. The van der Waals surface area contributed by atoms with Crippen molar-refractivity contribution in [3.63, 3.8) is 0 Å². The Balaban J connectivity index is 1.31. The smallest absolute Gasteiger partial charge is 0.266 e. The van der Waals surface area contributed by atoms with Gasteiger partial charge in [0.1, 0.15) is 0 Å². The number of hydrogen-bond acceptors (Lipinski definition) is 5. The van der Waals surface area contributed by atoms with Gasteiger partial charge in [-0.25, -0.2) is 0 Å². The highest BCUT2D eigenvalue weighted by Gasteiger charge is 2.35. The highest BCUT2D eigenvalue weighted by molar-refractivity contribution is 6.30. The number of carbonyl (C=O) groups is 2. The minimum atomic E-state index is -0.601. The zero-order valence-electron chi connectivity index (χ0n) is 15.3. The van der Waals surface area contributed by atoms with Crippen molar-refractivity contribution < 1.29 is 14.4 Å². The largest absolute Gasteiger partial charge is 0.382 e. The molecular weight excluding hydrogens is 378 g/mol. The van der Waals surface area contributed by atoms with E-state index in [0.29, 0.717) is 42.9 Å². The van der Waals surface area contributed by atoms with Gasteiger partial charge in [0, 0.05) is 48.4 Å². The predicted molar refractivity (Wildman–Crippen MR) is 105 cm³/mol. The summed E-state index contributed by atoms with van der Waals surface area (Å²) in [4.78, 5) is 36.5. The lowest BCUT2D eigenvalue weighted by atomic mass is 9.89. The lowest BCUT2D eigenvalue weighted by Gasteiger charge is -2.32. The van der Waals surface area contributed by atoms with E-state index in [4.69, 9.17) is 16.4 Å². The third kappa shape index (κ3) is 3.92. The van der Waals surface area contributed by atoms with Crippen LogP contribution in [0.5, 0.6) is 0 Å². The van der Waals surface area contributed by atoms with Gasteiger partial charge in [-0.2, -0.15) is 0 Å². The summed E-state index contributed by atoms with van der Waals surface area (Å²) in [6, 6.07) is 10.9. The SMILES string of the molecule is O=C(c1cccnc1)C1CCN(C(=O)[C@@H]2CC(c3ccc(Cl)cc3)=NO2)CC1. The first-order valence-electron chi connectivity index (χ1n) is 9.33. The molecule has 4 rings (SSSR count). The van der Waals surface area contributed by atoms with Crippen molar-refractivity contribution >= 4 is 29.0 Å². The highest BCUT2D eigenvalue weighted by Crippen LogP contribution is 2.25. The van der Waals surface area contributed by atoms with Gasteiger partial charge in [-0.3, -0.25) is 14.6 Å². The van der Waals surface area contributed by atoms with Gasteiger partial charge in [0.05, 0.1) is 5.71 Å². The Bertz CT molecular complexity index is 891. The van der Waals surface area contributed by atoms with E-state index in [-0.39, 0.29) is 17.6 Å². The van der Waals surface area contributed by atoms with Crippen LogP contribution in [0.4, 0.5) is 0 Å². The first-order chi connectivity index (χ1) is 13.6. The number of aromatic nitrogens is 1. The van der Waals surface area contributed by atoms with Crippen LogP contribution < -0.4 is 0 Å². The van der Waals surface area contributed by atoms with Crippen LogP contribution in [-0.4, -0.2) is 46.5 Å². The number of hydrogen-bond donors (Lipinski definition) is 0. The van der Waals surface area contributed by atoms with E-state index in [1.165, 1.54) is 0 Å². The van der Waals surface area contributed by atoms with Crippen LogP contribution in [0.25, 0.3) is 0 Å². The first-order valence-corrected chi connectivity index (χ1v) is 9.71. The Labute approximate surface area is 168 Å². The summed E-state index contributed by atoms with van der Waals surface area (Å²) in [6.45, 7) is 1.09. The van der Waals surface area contributed by atoms with Crippen molar-refractivity contribution in [1.29, 1.82) is 0 Å². The topological polar surface area (TPSA) is 71.9 Å². The molecule has 1 saturated heterocycles. The fourth-order valence-electron chi connectivity index (χ4n) is 3.63. The van der Waals surface area contributed by atoms with E-state index in [2.05, 4.69) is 10.1 Å². The molecule has 0 radical (unpaired) electrons. The minimum Gasteiger partial charge on any atom is -0.382 e. The van der Waals surface area contributed by atoms with Crippen molar-refractivity contribution in [1.82, 2.24) is 9.88 Å². The van der Waals surface area contributed by atoms with Crippen molar-refractivity contribution in [2.24, 2.45) is 11.1 Å². The Morgan fingerprint density at radius 1 is 1.11 bits per heavy atom. The van der Waals surface area contributed by atoms with E-state index >= 15 is 0 Å². The predicted octanol–water partition coefficient (Wildman–Crippen LogP) is 3.35. The maximum Gasteiger partial charge on any atom is 0.266 e. The number of carbonyl (C=O) groups excluding carboxylic acids is 2. The van der Waals surface area contributed by atoms with E-state index in [1.54, 1.807) is 41.6 Å². The van der Waals surface area contributed by atoms with Gasteiger partial charge >= 0.3 is 0 Å². The van der Waals surface area contributed by atoms with Crippen LogP contribution in [0.1, 0.15) is 35.2 Å². The summed E-state index contributed by atoms with van der Waals surface area (Å²) in [5.41, 5.74) is 2.28. The molecule has 0 saturated carbocycles. The molecule has 0 unspecified atom stereocenters. The normalized spacial score (nSPS) is 19.8. The average molecular weight is 398 g/mol. The van der Waals surface area contributed by atoms with Gasteiger partial charge in [-0.1, -0.05) is 28.9 Å². The molecule has 1 aromatic carbocycles. The molecule has 1 atom stereocenters. The number of ketones is 1. The van der Waals surface area contributed by atoms with E-state index in [9.17, 15) is 9.59 Å². The second kappa shape index (κ2) is 8.10. The zero-order chi connectivity index (χ0) is 19.5. The Hall–Kier alpha value is -2.73. The number of benzene rings is 1. The zero-order valence-corrected chi connectivity index (χ0v) is 16.0. The monoisotopic (exact) mass is 397 g/mol. The second-order valence-electron chi connectivity index (χ2n) is 7.05. The molecule has 2 aliphatic rings. The number of pyridine rings is 1. The molecule has 144 valence electrons. The van der Waals surface area contributed by atoms with Crippen molar-refractivity contribution in [3.8, 4) is 0 Å². The number of rotatable bonds is 4. The molecule has 0 spiro atoms. The van der Waals surface area contributed by atoms with Gasteiger partial charge in [0.15, 0.2) is 5.78 Å². The van der Waals surface area contributed by atoms with Crippen LogP contribution in [0.15, 0.2) is 53.9 Å². The molecule has 0 bridgehead atoms. The number of Topliss-reactive ketones (excluding diaryl/α,β-unsaturated/α-hetero) is 1. The summed E-state index contributed by atoms with van der Waals surface area (Å²) in [5.74, 6) is -0.0377. The van der Waals surface area contributed by atoms with E-state index in [1.807, 2.05) is 12.1 Å². The van der Waals surface area contributed by atoms with Gasteiger partial charge in [0.25, 0.3) is 5.91 Å². The van der Waals surface area contributed by atoms with Crippen molar-refractivity contribution in [2.75, 3.05) is 13.1 Å². The molecular formula is C21H20ClN3O3. The third-order valence-corrected chi connectivity index (χ3v) is 5.50. The maximum atomic E-state index is 12.8. The lowest BCUT2D eigenvalue weighted by molar-refractivity contribution is -0.143. The molecule has 1 amide bonds. The number of likely N-dealkylation sites (tertiary alicyclic amines) is 1. The minimum absolute atomic E-state index is 0.0695. The fourth-order valence-corrected chi connectivity index (χ4v) is 3.76. The van der Waals surface area contributed by atoms with Gasteiger partial charge in [-0.05, 0) is 42.7 Å². The van der Waals surface area contributed by atoms with Gasteiger partial charge < -0.3 is 9.74 Å². The molecule has 3 heterocycles. The summed E-state index contributed by atoms with van der Waals surface area (Å²) >= 11 is 5.91. The first kappa shape index (κ1) is 18.6. The molecule has 6 nitrogen and oxygen atoms in total. The number of oxime groups is 1. The Morgan fingerprint density at radius 3 is 2.54 bits per heavy atom. The summed E-state index contributed by atoms with van der Waals surface area (Å²) in [5, 5.41) is 4.73. The summed E-state index contributed by atoms with van der Waals surface area (Å²) < 4.78 is 0. The average Bonchev–Trinajstić information content (AvgIpc) is 3.24. The third-order valence-electron chi connectivity index (χ3n) is 5.25. The molecule has 0 N–H and O–H groups in total. The molecule has 0 aliphatic carbocycles. The molecule has 7 heteroatoms. The van der Waals surface area contributed by atoms with Crippen LogP contribution in [0.2, 0.25) is 5.02 Å². The van der Waals surface area contributed by atoms with Gasteiger partial charge in [0.2, 0.25) is 6.10 Å². The highest BCUT2D eigenvalue weighted by atomic mass is 35.5. The number of halogens is 1. The van der Waals surface area contributed by atoms with Crippen LogP contribution >= 0.6 is 11.6 Å². The van der Waals surface area contributed by atoms with E-state index < -0.39 is 6.10 Å². The lowest BCUT2D eigenvalue weighted by Crippen LogP contribution is -2.45. The fraction of sp³-hybridized carbons (Fsp3) is 0.333. The number of nitrogens with zero attached hydrogens (tertiary/aromatic N) is 3. The van der Waals surface area contributed by atoms with Crippen LogP contribution in [0.3, 0.4) is 0 Å². The van der Waals surface area contributed by atoms with E-state index in [0.717, 1.165) is 11.3 Å². The maximum absolute atomic E-state index is 12.8. The quantitative estimate of drug-likeness (QED) is 0.742. The Morgan fingerprint density at radius 2 is 1.86 bits per heavy atom. The van der Waals surface area contributed by atoms with Crippen molar-refractivity contribution in [3.05, 3.63) is 64.9 Å². The molecule has 1 aromatic heterocycles.